The van der Waals surface area contributed by atoms with Gasteiger partial charge in [-0.1, -0.05) is 35.5 Å². The van der Waals surface area contributed by atoms with E-state index in [1.54, 1.807) is 11.8 Å². The Kier molecular flexibility index (Phi) is 3.85. The van der Waals surface area contributed by atoms with Gasteiger partial charge in [0.1, 0.15) is 17.7 Å². The van der Waals surface area contributed by atoms with Gasteiger partial charge in [-0.2, -0.15) is 0 Å². The summed E-state index contributed by atoms with van der Waals surface area (Å²) in [5.41, 5.74) is 1.93. The summed E-state index contributed by atoms with van der Waals surface area (Å²) in [5.74, 6) is 0.746. The van der Waals surface area contributed by atoms with Crippen LogP contribution < -0.4 is 0 Å². The Bertz CT molecular complexity index is 887. The molecule has 1 amide bonds. The average molecular weight is 339 g/mol. The lowest BCUT2D eigenvalue weighted by atomic mass is 10.0. The fourth-order valence-electron chi connectivity index (χ4n) is 2.79. The van der Waals surface area contributed by atoms with Crippen molar-refractivity contribution in [3.05, 3.63) is 60.0 Å². The monoisotopic (exact) mass is 339 g/mol. The van der Waals surface area contributed by atoms with Crippen LogP contribution in [-0.4, -0.2) is 44.7 Å². The van der Waals surface area contributed by atoms with E-state index in [1.807, 2.05) is 36.4 Å². The van der Waals surface area contributed by atoms with Crippen molar-refractivity contribution in [3.8, 4) is 11.3 Å². The van der Waals surface area contributed by atoms with E-state index in [4.69, 9.17) is 8.94 Å². The molecule has 1 saturated heterocycles. The van der Waals surface area contributed by atoms with Gasteiger partial charge in [-0.15, -0.1) is 0 Å². The lowest BCUT2D eigenvalue weighted by molar-refractivity contribution is -0.0360. The first-order valence-electron chi connectivity index (χ1n) is 8.06. The second-order valence-electron chi connectivity index (χ2n) is 6.11. The van der Waals surface area contributed by atoms with E-state index < -0.39 is 6.10 Å². The third kappa shape index (κ3) is 2.94. The average Bonchev–Trinajstić information content (AvgIpc) is 3.29. The molecule has 4 rings (SSSR count). The summed E-state index contributed by atoms with van der Waals surface area (Å²) in [4.78, 5) is 18.1. The Morgan fingerprint density at radius 2 is 2.16 bits per heavy atom. The highest BCUT2D eigenvalue weighted by Gasteiger charge is 2.38. The maximum absolute atomic E-state index is 12.3. The van der Waals surface area contributed by atoms with Crippen LogP contribution in [0.3, 0.4) is 0 Å². The van der Waals surface area contributed by atoms with Crippen molar-refractivity contribution in [1.29, 1.82) is 0 Å². The van der Waals surface area contributed by atoms with Crippen LogP contribution in [0.4, 0.5) is 0 Å². The van der Waals surface area contributed by atoms with E-state index in [0.29, 0.717) is 24.6 Å². The van der Waals surface area contributed by atoms with Gasteiger partial charge in [-0.25, -0.2) is 4.98 Å². The topological polar surface area (TPSA) is 92.6 Å². The van der Waals surface area contributed by atoms with Crippen molar-refractivity contribution >= 4 is 5.91 Å². The number of aromatic nitrogens is 2. The number of carbonyl (C=O) groups is 1. The van der Waals surface area contributed by atoms with Crippen molar-refractivity contribution in [1.82, 2.24) is 15.0 Å². The van der Waals surface area contributed by atoms with E-state index >= 15 is 0 Å². The number of aliphatic hydroxyl groups is 1. The highest BCUT2D eigenvalue weighted by atomic mass is 16.5. The summed E-state index contributed by atoms with van der Waals surface area (Å²) in [6.45, 7) is 2.12. The van der Waals surface area contributed by atoms with E-state index in [9.17, 15) is 9.90 Å². The number of amides is 1. The second kappa shape index (κ2) is 6.18. The van der Waals surface area contributed by atoms with Crippen LogP contribution in [0.5, 0.6) is 0 Å². The normalized spacial score (nSPS) is 19.7. The molecule has 3 heterocycles. The maximum Gasteiger partial charge on any atom is 0.276 e. The minimum absolute atomic E-state index is 0.199. The second-order valence-corrected chi connectivity index (χ2v) is 6.11. The van der Waals surface area contributed by atoms with E-state index in [-0.39, 0.29) is 17.6 Å². The first-order valence-corrected chi connectivity index (χ1v) is 8.06. The summed E-state index contributed by atoms with van der Waals surface area (Å²) in [5, 5.41) is 13.6. The molecule has 2 aromatic heterocycles. The van der Waals surface area contributed by atoms with Crippen molar-refractivity contribution in [2.75, 3.05) is 6.54 Å². The number of hydrogen-bond donors (Lipinski definition) is 1. The standard InChI is InChI=1S/C18H17N3O4/c1-11-16(22)9-21(11)18(23)15-10-24-17(19-15)8-13-7-14(20-25-13)12-5-3-2-4-6-12/h2-7,10-11,16,22H,8-9H2,1H3/t11-,16-/m0/s1. The molecule has 0 saturated carbocycles. The Balaban J connectivity index is 1.45. The lowest BCUT2D eigenvalue weighted by Crippen LogP contribution is -2.60. The molecule has 1 aromatic carbocycles. The molecule has 0 spiro atoms. The first-order chi connectivity index (χ1) is 12.1. The van der Waals surface area contributed by atoms with E-state index in [1.165, 1.54) is 6.26 Å². The molecular weight excluding hydrogens is 322 g/mol. The van der Waals surface area contributed by atoms with Crippen LogP contribution in [0.2, 0.25) is 0 Å². The minimum atomic E-state index is -0.471. The molecule has 1 fully saturated rings. The molecule has 3 aromatic rings. The predicted molar refractivity (Wildman–Crippen MR) is 87.8 cm³/mol. The number of hydrogen-bond acceptors (Lipinski definition) is 6. The first kappa shape index (κ1) is 15.6. The van der Waals surface area contributed by atoms with Crippen molar-refractivity contribution < 1.29 is 18.8 Å². The molecular formula is C18H17N3O4. The number of oxazole rings is 1. The highest BCUT2D eigenvalue weighted by molar-refractivity contribution is 5.92. The van der Waals surface area contributed by atoms with Gasteiger partial charge in [0.25, 0.3) is 5.91 Å². The molecule has 25 heavy (non-hydrogen) atoms. The number of carbonyl (C=O) groups excluding carboxylic acids is 1. The van der Waals surface area contributed by atoms with Crippen LogP contribution in [0.25, 0.3) is 11.3 Å². The summed E-state index contributed by atoms with van der Waals surface area (Å²) >= 11 is 0. The third-order valence-electron chi connectivity index (χ3n) is 4.42. The third-order valence-corrected chi connectivity index (χ3v) is 4.42. The number of aliphatic hydroxyl groups excluding tert-OH is 1. The molecule has 2 atom stereocenters. The molecule has 128 valence electrons. The molecule has 0 bridgehead atoms. The lowest BCUT2D eigenvalue weighted by Gasteiger charge is -2.42. The zero-order chi connectivity index (χ0) is 17.4. The molecule has 7 nitrogen and oxygen atoms in total. The smallest absolute Gasteiger partial charge is 0.276 e. The Morgan fingerprint density at radius 1 is 1.36 bits per heavy atom. The summed E-state index contributed by atoms with van der Waals surface area (Å²) < 4.78 is 10.7. The molecule has 0 aliphatic carbocycles. The van der Waals surface area contributed by atoms with E-state index in [0.717, 1.165) is 11.3 Å². The summed E-state index contributed by atoms with van der Waals surface area (Å²) in [6.07, 6.45) is 1.18. The van der Waals surface area contributed by atoms with Crippen LogP contribution in [0.15, 0.2) is 51.6 Å². The van der Waals surface area contributed by atoms with Gasteiger partial charge >= 0.3 is 0 Å². The van der Waals surface area contributed by atoms with Crippen LogP contribution >= 0.6 is 0 Å². The molecule has 1 aliphatic rings. The van der Waals surface area contributed by atoms with Crippen LogP contribution in [-0.2, 0) is 6.42 Å². The molecule has 1 N–H and O–H groups in total. The van der Waals surface area contributed by atoms with Crippen LogP contribution in [0.1, 0.15) is 29.1 Å². The molecule has 0 radical (unpaired) electrons. The summed E-state index contributed by atoms with van der Waals surface area (Å²) in [6, 6.07) is 11.3. The number of rotatable bonds is 4. The zero-order valence-corrected chi connectivity index (χ0v) is 13.6. The summed E-state index contributed by atoms with van der Waals surface area (Å²) in [7, 11) is 0. The van der Waals surface area contributed by atoms with Gasteiger partial charge in [0.15, 0.2) is 5.69 Å². The number of benzene rings is 1. The largest absolute Gasteiger partial charge is 0.448 e. The maximum atomic E-state index is 12.3. The fraction of sp³-hybridized carbons (Fsp3) is 0.278. The van der Waals surface area contributed by atoms with Gasteiger partial charge in [-0.3, -0.25) is 4.79 Å². The Morgan fingerprint density at radius 3 is 2.88 bits per heavy atom. The number of nitrogens with zero attached hydrogens (tertiary/aromatic N) is 3. The molecule has 1 aliphatic heterocycles. The number of β-amino-alcohol motifs (C(OH)–C–C–N with tert-alkyl or cyclic N) is 1. The van der Waals surface area contributed by atoms with Crippen molar-refractivity contribution in [3.63, 3.8) is 0 Å². The molecule has 0 unspecified atom stereocenters. The molecule has 7 heteroatoms. The van der Waals surface area contributed by atoms with Gasteiger partial charge in [-0.05, 0) is 6.92 Å². The highest BCUT2D eigenvalue weighted by Crippen LogP contribution is 2.22. The van der Waals surface area contributed by atoms with Crippen LogP contribution in [0, 0.1) is 0 Å². The van der Waals surface area contributed by atoms with Gasteiger partial charge in [0.05, 0.1) is 18.6 Å². The fourth-order valence-corrected chi connectivity index (χ4v) is 2.79. The van der Waals surface area contributed by atoms with Crippen molar-refractivity contribution in [2.45, 2.75) is 25.5 Å². The van der Waals surface area contributed by atoms with E-state index in [2.05, 4.69) is 10.1 Å². The van der Waals surface area contributed by atoms with Gasteiger partial charge < -0.3 is 18.9 Å². The van der Waals surface area contributed by atoms with Gasteiger partial charge in [0.2, 0.25) is 5.89 Å². The van der Waals surface area contributed by atoms with Crippen molar-refractivity contribution in [2.24, 2.45) is 0 Å². The SMILES string of the molecule is C[C@H]1[C@@H](O)CN1C(=O)c1coc(Cc2cc(-c3ccccc3)no2)n1. The zero-order valence-electron chi connectivity index (χ0n) is 13.6. The Labute approximate surface area is 143 Å². The minimum Gasteiger partial charge on any atom is -0.448 e. The van der Waals surface area contributed by atoms with Gasteiger partial charge in [0, 0.05) is 18.2 Å². The predicted octanol–water partition coefficient (Wildman–Crippen LogP) is 2.13. The Hall–Kier alpha value is -2.93. The number of likely N-dealkylation sites (tertiary alicyclic amines) is 1. The quantitative estimate of drug-likeness (QED) is 0.783.